The van der Waals surface area contributed by atoms with E-state index in [0.29, 0.717) is 23.7 Å². The smallest absolute Gasteiger partial charge is 0.243 e. The van der Waals surface area contributed by atoms with Gasteiger partial charge in [-0.2, -0.15) is 0 Å². The van der Waals surface area contributed by atoms with Gasteiger partial charge in [0.15, 0.2) is 0 Å². The number of halogens is 1. The lowest BCUT2D eigenvalue weighted by Gasteiger charge is -2.28. The van der Waals surface area contributed by atoms with Crippen LogP contribution in [0.2, 0.25) is 5.02 Å². The minimum absolute atomic E-state index is 0.358. The van der Waals surface area contributed by atoms with Crippen molar-refractivity contribution < 1.29 is 13.2 Å². The molecule has 7 heteroatoms. The van der Waals surface area contributed by atoms with E-state index in [1.807, 2.05) is 37.3 Å². The molecule has 0 aliphatic carbocycles. The number of sulfonamides is 1. The van der Waals surface area contributed by atoms with E-state index in [0.717, 1.165) is 21.7 Å². The lowest BCUT2D eigenvalue weighted by molar-refractivity contribution is -0.121. The van der Waals surface area contributed by atoms with E-state index in [-0.39, 0.29) is 5.91 Å². The van der Waals surface area contributed by atoms with Crippen molar-refractivity contribution in [3.63, 3.8) is 0 Å². The van der Waals surface area contributed by atoms with Crippen molar-refractivity contribution in [1.29, 1.82) is 0 Å². The summed E-state index contributed by atoms with van der Waals surface area (Å²) in [6.45, 7) is 3.82. The number of nitrogens with zero attached hydrogens (tertiary/aromatic N) is 1. The summed E-state index contributed by atoms with van der Waals surface area (Å²) in [7, 11) is -3.66. The average Bonchev–Trinajstić information content (AvgIpc) is 2.58. The molecule has 140 valence electrons. The molecule has 0 heterocycles. The standard InChI is InChI=1S/C19H23ClN2O3S/c1-14-9-10-17(13-18(14)20)22(26(3,24)25)15(2)19(23)21-12-11-16-7-5-4-6-8-16/h4-10,13,15H,11-12H2,1-3H3,(H,21,23). The summed E-state index contributed by atoms with van der Waals surface area (Å²) >= 11 is 6.12. The fourth-order valence-corrected chi connectivity index (χ4v) is 3.99. The summed E-state index contributed by atoms with van der Waals surface area (Å²) in [6.07, 6.45) is 1.75. The van der Waals surface area contributed by atoms with Crippen molar-refractivity contribution in [3.05, 3.63) is 64.7 Å². The van der Waals surface area contributed by atoms with Gasteiger partial charge in [0.25, 0.3) is 0 Å². The van der Waals surface area contributed by atoms with Crippen LogP contribution in [0.15, 0.2) is 48.5 Å². The molecule has 0 spiro atoms. The Morgan fingerprint density at radius 1 is 1.19 bits per heavy atom. The molecule has 5 nitrogen and oxygen atoms in total. The molecule has 0 bridgehead atoms. The van der Waals surface area contributed by atoms with Crippen molar-refractivity contribution >= 4 is 33.2 Å². The number of anilines is 1. The molecule has 2 aromatic rings. The molecule has 2 aromatic carbocycles. The summed E-state index contributed by atoms with van der Waals surface area (Å²) in [4.78, 5) is 12.5. The van der Waals surface area contributed by atoms with E-state index in [1.54, 1.807) is 25.1 Å². The van der Waals surface area contributed by atoms with Crippen LogP contribution in [0.3, 0.4) is 0 Å². The Hall–Kier alpha value is -2.05. The number of nitrogens with one attached hydrogen (secondary N) is 1. The second kappa shape index (κ2) is 8.56. The third kappa shape index (κ3) is 5.22. The van der Waals surface area contributed by atoms with Gasteiger partial charge < -0.3 is 5.32 Å². The Morgan fingerprint density at radius 3 is 2.42 bits per heavy atom. The Balaban J connectivity index is 2.12. The molecule has 1 N–H and O–H groups in total. The fourth-order valence-electron chi connectivity index (χ4n) is 2.65. The minimum atomic E-state index is -3.66. The molecule has 2 rings (SSSR count). The van der Waals surface area contributed by atoms with Gasteiger partial charge >= 0.3 is 0 Å². The zero-order valence-electron chi connectivity index (χ0n) is 15.1. The molecule has 26 heavy (non-hydrogen) atoms. The first-order chi connectivity index (χ1) is 12.2. The first-order valence-corrected chi connectivity index (χ1v) is 10.5. The van der Waals surface area contributed by atoms with Gasteiger partial charge in [-0.25, -0.2) is 8.42 Å². The highest BCUT2D eigenvalue weighted by Gasteiger charge is 2.29. The van der Waals surface area contributed by atoms with Crippen molar-refractivity contribution in [3.8, 4) is 0 Å². The fraction of sp³-hybridized carbons (Fsp3) is 0.316. The predicted octanol–water partition coefficient (Wildman–Crippen LogP) is 3.16. The van der Waals surface area contributed by atoms with Gasteiger partial charge in [-0.3, -0.25) is 9.10 Å². The number of amides is 1. The van der Waals surface area contributed by atoms with Gasteiger partial charge in [0.05, 0.1) is 11.9 Å². The Bertz CT molecular complexity index is 870. The summed E-state index contributed by atoms with van der Waals surface area (Å²) in [5.74, 6) is -0.358. The summed E-state index contributed by atoms with van der Waals surface area (Å²) in [5, 5.41) is 3.25. The highest BCUT2D eigenvalue weighted by molar-refractivity contribution is 7.92. The zero-order chi connectivity index (χ0) is 19.3. The monoisotopic (exact) mass is 394 g/mol. The van der Waals surface area contributed by atoms with Gasteiger partial charge in [-0.1, -0.05) is 48.0 Å². The minimum Gasteiger partial charge on any atom is -0.354 e. The molecule has 0 aliphatic heterocycles. The van der Waals surface area contributed by atoms with Crippen LogP contribution in [0.4, 0.5) is 5.69 Å². The van der Waals surface area contributed by atoms with Crippen molar-refractivity contribution in [2.24, 2.45) is 0 Å². The highest BCUT2D eigenvalue weighted by atomic mass is 35.5. The van der Waals surface area contributed by atoms with Crippen LogP contribution in [-0.2, 0) is 21.2 Å². The van der Waals surface area contributed by atoms with Crippen molar-refractivity contribution in [2.75, 3.05) is 17.1 Å². The first kappa shape index (κ1) is 20.3. The molecule has 0 saturated heterocycles. The Labute approximate surface area is 160 Å². The molecule has 1 unspecified atom stereocenters. The second-order valence-corrected chi connectivity index (χ2v) is 8.46. The Morgan fingerprint density at radius 2 is 1.85 bits per heavy atom. The second-order valence-electron chi connectivity index (χ2n) is 6.19. The molecule has 0 aromatic heterocycles. The maximum absolute atomic E-state index is 12.5. The largest absolute Gasteiger partial charge is 0.354 e. The van der Waals surface area contributed by atoms with E-state index in [9.17, 15) is 13.2 Å². The van der Waals surface area contributed by atoms with Crippen LogP contribution in [-0.4, -0.2) is 33.2 Å². The molecule has 1 atom stereocenters. The lowest BCUT2D eigenvalue weighted by atomic mass is 10.1. The number of carbonyl (C=O) groups is 1. The Kier molecular flexibility index (Phi) is 6.67. The first-order valence-electron chi connectivity index (χ1n) is 8.27. The molecule has 0 fully saturated rings. The van der Waals surface area contributed by atoms with Crippen molar-refractivity contribution in [2.45, 2.75) is 26.3 Å². The van der Waals surface area contributed by atoms with Gasteiger partial charge in [0.2, 0.25) is 15.9 Å². The van der Waals surface area contributed by atoms with Crippen LogP contribution in [0.25, 0.3) is 0 Å². The third-order valence-electron chi connectivity index (χ3n) is 4.05. The maximum atomic E-state index is 12.5. The summed E-state index contributed by atoms with van der Waals surface area (Å²) in [5.41, 5.74) is 2.31. The number of hydrogen-bond donors (Lipinski definition) is 1. The number of benzene rings is 2. The van der Waals surface area contributed by atoms with Crippen LogP contribution in [0, 0.1) is 6.92 Å². The number of aryl methyl sites for hydroxylation is 1. The number of rotatable bonds is 7. The zero-order valence-corrected chi connectivity index (χ0v) is 16.6. The van der Waals surface area contributed by atoms with Crippen LogP contribution in [0.5, 0.6) is 0 Å². The van der Waals surface area contributed by atoms with Gasteiger partial charge in [-0.05, 0) is 43.5 Å². The topological polar surface area (TPSA) is 66.5 Å². The summed E-state index contributed by atoms with van der Waals surface area (Å²) in [6, 6.07) is 13.8. The van der Waals surface area contributed by atoms with Gasteiger partial charge in [0, 0.05) is 11.6 Å². The summed E-state index contributed by atoms with van der Waals surface area (Å²) < 4.78 is 25.6. The molecular formula is C19H23ClN2O3S. The highest BCUT2D eigenvalue weighted by Crippen LogP contribution is 2.26. The maximum Gasteiger partial charge on any atom is 0.243 e. The molecule has 0 saturated carbocycles. The van der Waals surface area contributed by atoms with E-state index in [2.05, 4.69) is 5.32 Å². The van der Waals surface area contributed by atoms with E-state index in [1.165, 1.54) is 0 Å². The number of hydrogen-bond acceptors (Lipinski definition) is 3. The van der Waals surface area contributed by atoms with Gasteiger partial charge in [-0.15, -0.1) is 0 Å². The van der Waals surface area contributed by atoms with Crippen LogP contribution >= 0.6 is 11.6 Å². The van der Waals surface area contributed by atoms with Crippen LogP contribution < -0.4 is 9.62 Å². The normalized spacial score (nSPS) is 12.5. The van der Waals surface area contributed by atoms with E-state index < -0.39 is 16.1 Å². The lowest BCUT2D eigenvalue weighted by Crippen LogP contribution is -2.48. The molecule has 0 aliphatic rings. The van der Waals surface area contributed by atoms with Crippen LogP contribution in [0.1, 0.15) is 18.1 Å². The van der Waals surface area contributed by atoms with Crippen molar-refractivity contribution in [1.82, 2.24) is 5.32 Å². The predicted molar refractivity (Wildman–Crippen MR) is 106 cm³/mol. The molecular weight excluding hydrogens is 372 g/mol. The number of carbonyl (C=O) groups excluding carboxylic acids is 1. The SMILES string of the molecule is Cc1ccc(N(C(C)C(=O)NCCc2ccccc2)S(C)(=O)=O)cc1Cl. The van der Waals surface area contributed by atoms with E-state index >= 15 is 0 Å². The van der Waals surface area contributed by atoms with Gasteiger partial charge in [0.1, 0.15) is 6.04 Å². The molecule has 1 amide bonds. The van der Waals surface area contributed by atoms with E-state index in [4.69, 9.17) is 11.6 Å². The molecule has 0 radical (unpaired) electrons. The quantitative estimate of drug-likeness (QED) is 0.784. The average molecular weight is 395 g/mol. The third-order valence-corrected chi connectivity index (χ3v) is 5.70.